The first kappa shape index (κ1) is 22.0. The van der Waals surface area contributed by atoms with Gasteiger partial charge >= 0.3 is 0 Å². The first-order valence-electron chi connectivity index (χ1n) is 8.36. The maximum atomic E-state index is 5.53. The molecule has 0 aliphatic heterocycles. The van der Waals surface area contributed by atoms with Crippen molar-refractivity contribution in [3.8, 4) is 11.5 Å². The summed E-state index contributed by atoms with van der Waals surface area (Å²) in [6.07, 6.45) is 2.78. The Labute approximate surface area is 172 Å². The molecular formula is C19H27IN4O2. The summed E-state index contributed by atoms with van der Waals surface area (Å²) in [4.78, 5) is 8.56. The van der Waals surface area contributed by atoms with Gasteiger partial charge in [-0.1, -0.05) is 6.07 Å². The molecule has 0 aliphatic carbocycles. The number of pyridine rings is 1. The fourth-order valence-corrected chi connectivity index (χ4v) is 2.31. The van der Waals surface area contributed by atoms with E-state index in [2.05, 4.69) is 26.7 Å². The van der Waals surface area contributed by atoms with Gasteiger partial charge in [0.25, 0.3) is 0 Å². The number of benzene rings is 1. The molecular weight excluding hydrogens is 443 g/mol. The number of hydrogen-bond donors (Lipinski definition) is 2. The fraction of sp³-hybridized carbons (Fsp3) is 0.368. The van der Waals surface area contributed by atoms with Crippen molar-refractivity contribution in [1.82, 2.24) is 10.3 Å². The summed E-state index contributed by atoms with van der Waals surface area (Å²) in [5.74, 6) is 2.12. The molecule has 2 rings (SSSR count). The molecule has 6 nitrogen and oxygen atoms in total. The number of aromatic nitrogens is 1. The summed E-state index contributed by atoms with van der Waals surface area (Å²) in [6.45, 7) is 5.29. The van der Waals surface area contributed by atoms with Crippen LogP contribution in [0.3, 0.4) is 0 Å². The fourth-order valence-electron chi connectivity index (χ4n) is 2.31. The van der Waals surface area contributed by atoms with Crippen LogP contribution in [0.2, 0.25) is 0 Å². The van der Waals surface area contributed by atoms with Crippen molar-refractivity contribution in [3.05, 3.63) is 47.8 Å². The second-order valence-corrected chi connectivity index (χ2v) is 5.48. The Bertz CT molecular complexity index is 705. The van der Waals surface area contributed by atoms with Gasteiger partial charge in [-0.15, -0.1) is 24.0 Å². The Morgan fingerprint density at radius 1 is 1.19 bits per heavy atom. The average molecular weight is 470 g/mol. The van der Waals surface area contributed by atoms with E-state index in [1.54, 1.807) is 14.2 Å². The van der Waals surface area contributed by atoms with Crippen molar-refractivity contribution in [2.75, 3.05) is 32.6 Å². The maximum absolute atomic E-state index is 5.53. The number of anilines is 1. The minimum atomic E-state index is 0. The number of aryl methyl sites for hydroxylation is 1. The standard InChI is InChI=1S/C19H26N4O2.HI/c1-5-25-17-9-8-16(12-18(17)24-4)23-19(20-3)21-11-10-15-7-6-14(2)22-13-15;/h6-9,12-13H,5,10-11H2,1-4H3,(H2,20,21,23);1H. The zero-order valence-electron chi connectivity index (χ0n) is 15.7. The van der Waals surface area contributed by atoms with E-state index < -0.39 is 0 Å². The molecule has 142 valence electrons. The van der Waals surface area contributed by atoms with Crippen LogP contribution in [0.25, 0.3) is 0 Å². The van der Waals surface area contributed by atoms with Gasteiger partial charge in [0.2, 0.25) is 0 Å². The van der Waals surface area contributed by atoms with Crippen molar-refractivity contribution in [3.63, 3.8) is 0 Å². The lowest BCUT2D eigenvalue weighted by molar-refractivity contribution is 0.311. The first-order valence-corrected chi connectivity index (χ1v) is 8.36. The van der Waals surface area contributed by atoms with Gasteiger partial charge in [0.1, 0.15) is 0 Å². The Hall–Kier alpha value is -2.03. The number of nitrogens with zero attached hydrogens (tertiary/aromatic N) is 2. The van der Waals surface area contributed by atoms with Gasteiger partial charge in [-0.25, -0.2) is 0 Å². The van der Waals surface area contributed by atoms with Crippen LogP contribution in [0, 0.1) is 6.92 Å². The highest BCUT2D eigenvalue weighted by Gasteiger charge is 2.07. The second kappa shape index (κ2) is 11.6. The van der Waals surface area contributed by atoms with Gasteiger partial charge in [0, 0.05) is 37.2 Å². The molecule has 2 N–H and O–H groups in total. The Morgan fingerprint density at radius 2 is 2.00 bits per heavy atom. The van der Waals surface area contributed by atoms with E-state index in [1.165, 1.54) is 5.56 Å². The molecule has 0 amide bonds. The second-order valence-electron chi connectivity index (χ2n) is 5.48. The largest absolute Gasteiger partial charge is 0.493 e. The number of aliphatic imine (C=N–C) groups is 1. The van der Waals surface area contributed by atoms with Crippen LogP contribution >= 0.6 is 24.0 Å². The summed E-state index contributed by atoms with van der Waals surface area (Å²) in [7, 11) is 3.37. The Morgan fingerprint density at radius 3 is 2.62 bits per heavy atom. The number of hydrogen-bond acceptors (Lipinski definition) is 4. The molecule has 0 spiro atoms. The van der Waals surface area contributed by atoms with Crippen molar-refractivity contribution >= 4 is 35.6 Å². The molecule has 1 aromatic carbocycles. The van der Waals surface area contributed by atoms with E-state index >= 15 is 0 Å². The number of guanidine groups is 1. The molecule has 0 unspecified atom stereocenters. The molecule has 2 aromatic rings. The Kier molecular flexibility index (Phi) is 9.79. The Balaban J connectivity index is 0.00000338. The molecule has 0 aliphatic rings. The van der Waals surface area contributed by atoms with E-state index in [-0.39, 0.29) is 24.0 Å². The first-order chi connectivity index (χ1) is 12.2. The van der Waals surface area contributed by atoms with Crippen LogP contribution in [0.1, 0.15) is 18.2 Å². The van der Waals surface area contributed by atoms with Crippen LogP contribution in [0.4, 0.5) is 5.69 Å². The minimum Gasteiger partial charge on any atom is -0.493 e. The number of rotatable bonds is 7. The van der Waals surface area contributed by atoms with Crippen LogP contribution in [0.5, 0.6) is 11.5 Å². The topological polar surface area (TPSA) is 67.8 Å². The third kappa shape index (κ3) is 6.70. The molecule has 0 fully saturated rings. The summed E-state index contributed by atoms with van der Waals surface area (Å²) >= 11 is 0. The molecule has 1 heterocycles. The van der Waals surface area contributed by atoms with Gasteiger partial charge in [-0.2, -0.15) is 0 Å². The molecule has 26 heavy (non-hydrogen) atoms. The quantitative estimate of drug-likeness (QED) is 0.368. The highest BCUT2D eigenvalue weighted by atomic mass is 127. The van der Waals surface area contributed by atoms with Crippen molar-refractivity contribution in [2.24, 2.45) is 4.99 Å². The maximum Gasteiger partial charge on any atom is 0.195 e. The van der Waals surface area contributed by atoms with E-state index in [9.17, 15) is 0 Å². The lowest BCUT2D eigenvalue weighted by atomic mass is 10.2. The highest BCUT2D eigenvalue weighted by molar-refractivity contribution is 14.0. The smallest absolute Gasteiger partial charge is 0.195 e. The number of ether oxygens (including phenoxy) is 2. The SMILES string of the molecule is CCOc1ccc(NC(=NC)NCCc2ccc(C)nc2)cc1OC.I. The number of halogens is 1. The third-order valence-corrected chi connectivity index (χ3v) is 3.63. The molecule has 0 atom stereocenters. The van der Waals surface area contributed by atoms with Crippen LogP contribution in [-0.2, 0) is 6.42 Å². The molecule has 0 bridgehead atoms. The lowest BCUT2D eigenvalue weighted by Gasteiger charge is -2.14. The van der Waals surface area contributed by atoms with Crippen LogP contribution in [-0.4, -0.2) is 38.3 Å². The van der Waals surface area contributed by atoms with Gasteiger partial charge in [-0.05, 0) is 44.0 Å². The lowest BCUT2D eigenvalue weighted by Crippen LogP contribution is -2.32. The van der Waals surface area contributed by atoms with Crippen molar-refractivity contribution in [2.45, 2.75) is 20.3 Å². The molecule has 1 aromatic heterocycles. The molecule has 7 heteroatoms. The van der Waals surface area contributed by atoms with Crippen LogP contribution < -0.4 is 20.1 Å². The highest BCUT2D eigenvalue weighted by Crippen LogP contribution is 2.30. The monoisotopic (exact) mass is 470 g/mol. The van der Waals surface area contributed by atoms with Gasteiger partial charge in [-0.3, -0.25) is 9.98 Å². The zero-order valence-corrected chi connectivity index (χ0v) is 18.0. The molecule has 0 radical (unpaired) electrons. The van der Waals surface area contributed by atoms with Crippen molar-refractivity contribution in [1.29, 1.82) is 0 Å². The minimum absolute atomic E-state index is 0. The summed E-state index contributed by atoms with van der Waals surface area (Å²) in [5, 5.41) is 6.55. The predicted molar refractivity (Wildman–Crippen MR) is 117 cm³/mol. The molecule has 0 saturated carbocycles. The van der Waals surface area contributed by atoms with Gasteiger partial charge in [0.05, 0.1) is 13.7 Å². The van der Waals surface area contributed by atoms with E-state index in [1.807, 2.05) is 44.3 Å². The summed E-state index contributed by atoms with van der Waals surface area (Å²) < 4.78 is 10.9. The average Bonchev–Trinajstić information content (AvgIpc) is 2.63. The third-order valence-electron chi connectivity index (χ3n) is 3.63. The van der Waals surface area contributed by atoms with E-state index in [0.717, 1.165) is 30.1 Å². The summed E-state index contributed by atoms with van der Waals surface area (Å²) in [6, 6.07) is 9.83. The van der Waals surface area contributed by atoms with E-state index in [4.69, 9.17) is 9.47 Å². The predicted octanol–water partition coefficient (Wildman–Crippen LogP) is 3.65. The van der Waals surface area contributed by atoms with Crippen molar-refractivity contribution < 1.29 is 9.47 Å². The van der Waals surface area contributed by atoms with Crippen LogP contribution in [0.15, 0.2) is 41.5 Å². The number of nitrogens with one attached hydrogen (secondary N) is 2. The number of methoxy groups -OCH3 is 1. The molecule has 0 saturated heterocycles. The van der Waals surface area contributed by atoms with Gasteiger partial charge in [0.15, 0.2) is 17.5 Å². The zero-order chi connectivity index (χ0) is 18.1. The van der Waals surface area contributed by atoms with E-state index in [0.29, 0.717) is 18.3 Å². The normalized spacial score (nSPS) is 10.7. The van der Waals surface area contributed by atoms with Gasteiger partial charge < -0.3 is 20.1 Å². The summed E-state index contributed by atoms with van der Waals surface area (Å²) in [5.41, 5.74) is 3.10.